The molecule has 0 spiro atoms. The summed E-state index contributed by atoms with van der Waals surface area (Å²) in [5.41, 5.74) is 1.37. The summed E-state index contributed by atoms with van der Waals surface area (Å²) in [7, 11) is 1.62. The van der Waals surface area contributed by atoms with Crippen molar-refractivity contribution in [2.45, 2.75) is 6.04 Å². The van der Waals surface area contributed by atoms with Gasteiger partial charge in [-0.15, -0.1) is 0 Å². The van der Waals surface area contributed by atoms with Crippen LogP contribution in [0.2, 0.25) is 0 Å². The second-order valence-electron chi connectivity index (χ2n) is 4.95. The summed E-state index contributed by atoms with van der Waals surface area (Å²) in [4.78, 5) is 37.3. The van der Waals surface area contributed by atoms with Crippen LogP contribution in [-0.4, -0.2) is 56.2 Å². The molecular formula is C15H19N3O5. The zero-order valence-corrected chi connectivity index (χ0v) is 12.7. The van der Waals surface area contributed by atoms with Gasteiger partial charge in [-0.3, -0.25) is 14.4 Å². The van der Waals surface area contributed by atoms with Crippen LogP contribution in [0.15, 0.2) is 24.3 Å². The molecule has 0 saturated heterocycles. The average Bonchev–Trinajstić information content (AvgIpc) is 2.80. The lowest BCUT2D eigenvalue weighted by Crippen LogP contribution is -2.44. The fraction of sp³-hybridized carbons (Fsp3) is 0.400. The number of hydrogen-bond donors (Lipinski definition) is 3. The number of hydrogen-bond acceptors (Lipinski definition) is 5. The Bertz CT molecular complexity index is 605. The molecule has 0 bridgehead atoms. The van der Waals surface area contributed by atoms with E-state index in [1.54, 1.807) is 31.3 Å². The quantitative estimate of drug-likeness (QED) is 0.457. The number of nitrogens with zero attached hydrogens (tertiary/aromatic N) is 1. The summed E-state index contributed by atoms with van der Waals surface area (Å²) in [6, 6.07) is 6.22. The summed E-state index contributed by atoms with van der Waals surface area (Å²) in [6.07, 6.45) is 0. The van der Waals surface area contributed by atoms with Crippen LogP contribution < -0.4 is 15.5 Å². The molecule has 0 fully saturated rings. The number of aliphatic hydroxyl groups excluding tert-OH is 1. The first kappa shape index (κ1) is 16.9. The summed E-state index contributed by atoms with van der Waals surface area (Å²) >= 11 is 0. The number of anilines is 1. The van der Waals surface area contributed by atoms with Gasteiger partial charge in [0.05, 0.1) is 19.8 Å². The van der Waals surface area contributed by atoms with Gasteiger partial charge in [-0.05, 0) is 6.07 Å². The SMILES string of the molecule is CN1C(=O)[C@H](NC(=O)C(=O)NCCOCCO)c2ccccc21. The second-order valence-corrected chi connectivity index (χ2v) is 4.95. The molecule has 0 unspecified atom stereocenters. The van der Waals surface area contributed by atoms with Gasteiger partial charge in [0, 0.05) is 24.8 Å². The Labute approximate surface area is 133 Å². The van der Waals surface area contributed by atoms with Crippen molar-refractivity contribution in [1.29, 1.82) is 0 Å². The first-order chi connectivity index (χ1) is 11.1. The van der Waals surface area contributed by atoms with E-state index in [2.05, 4.69) is 10.6 Å². The van der Waals surface area contributed by atoms with E-state index in [4.69, 9.17) is 9.84 Å². The minimum absolute atomic E-state index is 0.106. The molecule has 0 radical (unpaired) electrons. The van der Waals surface area contributed by atoms with E-state index in [9.17, 15) is 14.4 Å². The van der Waals surface area contributed by atoms with Gasteiger partial charge in [-0.25, -0.2) is 0 Å². The summed E-state index contributed by atoms with van der Waals surface area (Å²) < 4.78 is 4.97. The third-order valence-electron chi connectivity index (χ3n) is 3.44. The highest BCUT2D eigenvalue weighted by Gasteiger charge is 2.36. The van der Waals surface area contributed by atoms with Crippen LogP contribution in [0.5, 0.6) is 0 Å². The molecule has 0 saturated carbocycles. The number of ether oxygens (including phenoxy) is 1. The van der Waals surface area contributed by atoms with Gasteiger partial charge in [-0.1, -0.05) is 18.2 Å². The Morgan fingerprint density at radius 2 is 2.00 bits per heavy atom. The van der Waals surface area contributed by atoms with E-state index < -0.39 is 17.9 Å². The van der Waals surface area contributed by atoms with Crippen LogP contribution in [0.1, 0.15) is 11.6 Å². The van der Waals surface area contributed by atoms with Crippen LogP contribution in [-0.2, 0) is 19.1 Å². The minimum Gasteiger partial charge on any atom is -0.394 e. The van der Waals surface area contributed by atoms with E-state index in [-0.39, 0.29) is 32.3 Å². The lowest BCUT2D eigenvalue weighted by atomic mass is 10.1. The molecular weight excluding hydrogens is 302 g/mol. The van der Waals surface area contributed by atoms with Gasteiger partial charge >= 0.3 is 11.8 Å². The van der Waals surface area contributed by atoms with Gasteiger partial charge in [0.15, 0.2) is 0 Å². The second kappa shape index (κ2) is 7.70. The molecule has 1 aliphatic rings. The number of likely N-dealkylation sites (N-methyl/N-ethyl adjacent to an activating group) is 1. The number of rotatable bonds is 6. The van der Waals surface area contributed by atoms with E-state index >= 15 is 0 Å². The number of aliphatic hydroxyl groups is 1. The fourth-order valence-corrected chi connectivity index (χ4v) is 2.30. The van der Waals surface area contributed by atoms with Crippen molar-refractivity contribution >= 4 is 23.4 Å². The van der Waals surface area contributed by atoms with Gasteiger partial charge in [0.2, 0.25) is 0 Å². The van der Waals surface area contributed by atoms with E-state index in [0.29, 0.717) is 11.3 Å². The molecule has 0 aromatic heterocycles. The zero-order valence-electron chi connectivity index (χ0n) is 12.7. The molecule has 8 heteroatoms. The molecule has 0 aliphatic carbocycles. The number of carbonyl (C=O) groups is 3. The van der Waals surface area contributed by atoms with E-state index in [1.165, 1.54) is 4.90 Å². The Balaban J connectivity index is 1.90. The Kier molecular flexibility index (Phi) is 5.67. The summed E-state index contributed by atoms with van der Waals surface area (Å²) in [5.74, 6) is -2.01. The maximum absolute atomic E-state index is 12.2. The predicted octanol–water partition coefficient (Wildman–Crippen LogP) is -1.05. The molecule has 1 aromatic rings. The van der Waals surface area contributed by atoms with E-state index in [0.717, 1.165) is 0 Å². The molecule has 1 aromatic carbocycles. The third kappa shape index (κ3) is 3.85. The number of carbonyl (C=O) groups excluding carboxylic acids is 3. The number of amides is 3. The maximum Gasteiger partial charge on any atom is 0.310 e. The van der Waals surface area contributed by atoms with Crippen molar-refractivity contribution < 1.29 is 24.2 Å². The van der Waals surface area contributed by atoms with Gasteiger partial charge in [0.1, 0.15) is 6.04 Å². The molecule has 1 aliphatic heterocycles. The molecule has 3 N–H and O–H groups in total. The highest BCUT2D eigenvalue weighted by molar-refractivity contribution is 6.35. The van der Waals surface area contributed by atoms with Crippen molar-refractivity contribution in [1.82, 2.24) is 10.6 Å². The maximum atomic E-state index is 12.2. The van der Waals surface area contributed by atoms with E-state index in [1.807, 2.05) is 0 Å². The normalized spacial score (nSPS) is 16.2. The largest absolute Gasteiger partial charge is 0.394 e. The van der Waals surface area contributed by atoms with Crippen LogP contribution in [0.3, 0.4) is 0 Å². The van der Waals surface area contributed by atoms with Crippen molar-refractivity contribution in [3.63, 3.8) is 0 Å². The van der Waals surface area contributed by atoms with Crippen molar-refractivity contribution in [3.05, 3.63) is 29.8 Å². The first-order valence-electron chi connectivity index (χ1n) is 7.20. The molecule has 8 nitrogen and oxygen atoms in total. The Morgan fingerprint density at radius 3 is 2.74 bits per heavy atom. The van der Waals surface area contributed by atoms with Crippen molar-refractivity contribution in [2.75, 3.05) is 38.3 Å². The Hall–Kier alpha value is -2.45. The standard InChI is InChI=1S/C15H19N3O5/c1-18-11-5-3-2-4-10(11)12(15(18)22)17-14(21)13(20)16-6-8-23-9-7-19/h2-5,12,19H,6-9H2,1H3,(H,16,20)(H,17,21)/t12-/m1/s1. The fourth-order valence-electron chi connectivity index (χ4n) is 2.30. The molecule has 23 heavy (non-hydrogen) atoms. The highest BCUT2D eigenvalue weighted by atomic mass is 16.5. The molecule has 2 rings (SSSR count). The minimum atomic E-state index is -0.879. The number of nitrogens with one attached hydrogen (secondary N) is 2. The number of para-hydroxylation sites is 1. The molecule has 3 amide bonds. The smallest absolute Gasteiger partial charge is 0.310 e. The zero-order chi connectivity index (χ0) is 16.8. The lowest BCUT2D eigenvalue weighted by Gasteiger charge is -2.13. The molecule has 124 valence electrons. The summed E-state index contributed by atoms with van der Waals surface area (Å²) in [6.45, 7) is 0.391. The highest BCUT2D eigenvalue weighted by Crippen LogP contribution is 2.34. The number of benzene rings is 1. The Morgan fingerprint density at radius 1 is 1.26 bits per heavy atom. The summed E-state index contributed by atoms with van der Waals surface area (Å²) in [5, 5.41) is 13.4. The van der Waals surface area contributed by atoms with Crippen LogP contribution in [0, 0.1) is 0 Å². The third-order valence-corrected chi connectivity index (χ3v) is 3.44. The first-order valence-corrected chi connectivity index (χ1v) is 7.20. The molecule has 1 atom stereocenters. The monoisotopic (exact) mass is 321 g/mol. The van der Waals surface area contributed by atoms with Crippen LogP contribution in [0.25, 0.3) is 0 Å². The lowest BCUT2D eigenvalue weighted by molar-refractivity contribution is -0.140. The van der Waals surface area contributed by atoms with Gasteiger partial charge in [0.25, 0.3) is 5.91 Å². The van der Waals surface area contributed by atoms with Gasteiger partial charge < -0.3 is 25.4 Å². The molecule has 1 heterocycles. The van der Waals surface area contributed by atoms with Crippen molar-refractivity contribution in [2.24, 2.45) is 0 Å². The topological polar surface area (TPSA) is 108 Å². The average molecular weight is 321 g/mol. The number of fused-ring (bicyclic) bond motifs is 1. The van der Waals surface area contributed by atoms with Crippen molar-refractivity contribution in [3.8, 4) is 0 Å². The predicted molar refractivity (Wildman–Crippen MR) is 81.7 cm³/mol. The van der Waals surface area contributed by atoms with Crippen LogP contribution in [0.4, 0.5) is 5.69 Å². The van der Waals surface area contributed by atoms with Crippen LogP contribution >= 0.6 is 0 Å². The van der Waals surface area contributed by atoms with Gasteiger partial charge in [-0.2, -0.15) is 0 Å².